The van der Waals surface area contributed by atoms with Crippen molar-refractivity contribution in [1.29, 1.82) is 0 Å². The van der Waals surface area contributed by atoms with Crippen LogP contribution < -0.4 is 10.9 Å². The molecule has 0 atom stereocenters. The molecule has 2 rings (SSSR count). The monoisotopic (exact) mass is 248 g/mol. The van der Waals surface area contributed by atoms with Gasteiger partial charge in [-0.25, -0.2) is 0 Å². The van der Waals surface area contributed by atoms with E-state index in [1.54, 1.807) is 6.07 Å². The Labute approximate surface area is 107 Å². The Bertz CT molecular complexity index is 459. The number of aromatic nitrogens is 1. The summed E-state index contributed by atoms with van der Waals surface area (Å²) >= 11 is 0. The molecule has 18 heavy (non-hydrogen) atoms. The summed E-state index contributed by atoms with van der Waals surface area (Å²) < 4.78 is 0. The van der Waals surface area contributed by atoms with Crippen LogP contribution in [-0.4, -0.2) is 16.9 Å². The first-order chi connectivity index (χ1) is 8.69. The van der Waals surface area contributed by atoms with E-state index in [0.717, 1.165) is 18.8 Å². The molecule has 0 aromatic carbocycles. The largest absolute Gasteiger partial charge is 0.349 e. The Morgan fingerprint density at radius 2 is 2.11 bits per heavy atom. The van der Waals surface area contributed by atoms with Crippen LogP contribution in [0.15, 0.2) is 23.1 Å². The normalized spacial score (nSPS) is 23.6. The zero-order valence-electron chi connectivity index (χ0n) is 10.7. The number of hydrogen-bond acceptors (Lipinski definition) is 2. The topological polar surface area (TPSA) is 62.0 Å². The summed E-state index contributed by atoms with van der Waals surface area (Å²) in [7, 11) is 0. The summed E-state index contributed by atoms with van der Waals surface area (Å²) in [6.07, 6.45) is 7.22. The van der Waals surface area contributed by atoms with Crippen molar-refractivity contribution >= 4 is 5.91 Å². The maximum atomic E-state index is 12.0. The third-order valence-electron chi connectivity index (χ3n) is 3.80. The summed E-state index contributed by atoms with van der Waals surface area (Å²) in [6.45, 7) is 2.22. The smallest absolute Gasteiger partial charge is 0.251 e. The third-order valence-corrected chi connectivity index (χ3v) is 3.80. The second kappa shape index (κ2) is 5.85. The Morgan fingerprint density at radius 1 is 1.39 bits per heavy atom. The lowest BCUT2D eigenvalue weighted by Gasteiger charge is -2.28. The van der Waals surface area contributed by atoms with Crippen LogP contribution >= 0.6 is 0 Å². The lowest BCUT2D eigenvalue weighted by Crippen LogP contribution is -2.37. The number of amides is 1. The van der Waals surface area contributed by atoms with Gasteiger partial charge in [0.1, 0.15) is 0 Å². The second-order valence-electron chi connectivity index (χ2n) is 5.04. The fraction of sp³-hybridized carbons (Fsp3) is 0.571. The van der Waals surface area contributed by atoms with Gasteiger partial charge < -0.3 is 10.3 Å². The predicted octanol–water partition coefficient (Wildman–Crippen LogP) is 2.07. The molecule has 0 radical (unpaired) electrons. The van der Waals surface area contributed by atoms with E-state index in [1.165, 1.54) is 31.5 Å². The van der Waals surface area contributed by atoms with E-state index in [4.69, 9.17) is 0 Å². The first kappa shape index (κ1) is 12.9. The van der Waals surface area contributed by atoms with Crippen LogP contribution in [0.25, 0.3) is 0 Å². The summed E-state index contributed by atoms with van der Waals surface area (Å²) in [5.41, 5.74) is 0.203. The molecule has 1 fully saturated rings. The van der Waals surface area contributed by atoms with Crippen molar-refractivity contribution in [2.24, 2.45) is 5.92 Å². The average Bonchev–Trinajstić information content (AvgIpc) is 2.39. The minimum atomic E-state index is -0.239. The molecule has 0 aliphatic heterocycles. The van der Waals surface area contributed by atoms with E-state index >= 15 is 0 Å². The zero-order valence-corrected chi connectivity index (χ0v) is 10.7. The Hall–Kier alpha value is -1.58. The highest BCUT2D eigenvalue weighted by Gasteiger charge is 2.21. The molecule has 1 aromatic rings. The summed E-state index contributed by atoms with van der Waals surface area (Å²) in [4.78, 5) is 25.6. The summed E-state index contributed by atoms with van der Waals surface area (Å²) in [6, 6.07) is 3.24. The molecule has 4 nitrogen and oxygen atoms in total. The van der Waals surface area contributed by atoms with Crippen molar-refractivity contribution < 1.29 is 4.79 Å². The molecule has 0 bridgehead atoms. The number of nitrogens with one attached hydrogen (secondary N) is 2. The van der Waals surface area contributed by atoms with Gasteiger partial charge in [-0.15, -0.1) is 0 Å². The molecule has 1 aliphatic carbocycles. The van der Waals surface area contributed by atoms with Gasteiger partial charge in [0.25, 0.3) is 5.91 Å². The Balaban J connectivity index is 1.90. The molecular weight excluding hydrogens is 228 g/mol. The van der Waals surface area contributed by atoms with Gasteiger partial charge in [0.05, 0.1) is 0 Å². The lowest BCUT2D eigenvalue weighted by atomic mass is 9.84. The highest BCUT2D eigenvalue weighted by molar-refractivity contribution is 5.94. The fourth-order valence-electron chi connectivity index (χ4n) is 2.57. The molecule has 0 unspecified atom stereocenters. The molecule has 1 heterocycles. The molecular formula is C14H20N2O2. The van der Waals surface area contributed by atoms with Gasteiger partial charge in [-0.3, -0.25) is 9.59 Å². The van der Waals surface area contributed by atoms with Crippen LogP contribution in [0.5, 0.6) is 0 Å². The van der Waals surface area contributed by atoms with Crippen LogP contribution in [0.4, 0.5) is 0 Å². The van der Waals surface area contributed by atoms with E-state index in [0.29, 0.717) is 5.56 Å². The van der Waals surface area contributed by atoms with Crippen LogP contribution in [0.1, 0.15) is 49.4 Å². The Morgan fingerprint density at radius 3 is 2.72 bits per heavy atom. The molecule has 2 N–H and O–H groups in total. The van der Waals surface area contributed by atoms with Crippen molar-refractivity contribution in [2.75, 3.05) is 0 Å². The molecule has 4 heteroatoms. The number of carbonyl (C=O) groups is 1. The van der Waals surface area contributed by atoms with E-state index in [2.05, 4.69) is 17.2 Å². The first-order valence-corrected chi connectivity index (χ1v) is 6.68. The fourth-order valence-corrected chi connectivity index (χ4v) is 2.57. The van der Waals surface area contributed by atoms with Crippen molar-refractivity contribution in [3.8, 4) is 0 Å². The van der Waals surface area contributed by atoms with Gasteiger partial charge in [0, 0.05) is 23.9 Å². The number of pyridine rings is 1. The van der Waals surface area contributed by atoms with Crippen LogP contribution in [-0.2, 0) is 0 Å². The molecule has 1 amide bonds. The third kappa shape index (κ3) is 3.22. The minimum absolute atomic E-state index is 0.138. The van der Waals surface area contributed by atoms with E-state index in [-0.39, 0.29) is 17.5 Å². The number of rotatable bonds is 3. The maximum Gasteiger partial charge on any atom is 0.251 e. The molecule has 98 valence electrons. The standard InChI is InChI=1S/C14H20N2O2/c1-2-10-3-5-12(6-4-10)16-14(18)11-7-8-15-13(17)9-11/h7-10,12H,2-6H2,1H3,(H,15,17)(H,16,18). The number of hydrogen-bond donors (Lipinski definition) is 2. The van der Waals surface area contributed by atoms with Crippen molar-refractivity contribution in [3.05, 3.63) is 34.2 Å². The van der Waals surface area contributed by atoms with Crippen molar-refractivity contribution in [2.45, 2.75) is 45.1 Å². The second-order valence-corrected chi connectivity index (χ2v) is 5.04. The quantitative estimate of drug-likeness (QED) is 0.860. The van der Waals surface area contributed by atoms with Crippen molar-refractivity contribution in [1.82, 2.24) is 10.3 Å². The van der Waals surface area contributed by atoms with Gasteiger partial charge in [-0.05, 0) is 37.7 Å². The number of carbonyl (C=O) groups excluding carboxylic acids is 1. The van der Waals surface area contributed by atoms with E-state index in [9.17, 15) is 9.59 Å². The molecule has 0 spiro atoms. The van der Waals surface area contributed by atoms with Crippen LogP contribution in [0.2, 0.25) is 0 Å². The first-order valence-electron chi connectivity index (χ1n) is 6.68. The number of aromatic amines is 1. The highest BCUT2D eigenvalue weighted by atomic mass is 16.2. The Kier molecular flexibility index (Phi) is 4.18. The van der Waals surface area contributed by atoms with Crippen molar-refractivity contribution in [3.63, 3.8) is 0 Å². The van der Waals surface area contributed by atoms with Gasteiger partial charge in [0.15, 0.2) is 0 Å². The van der Waals surface area contributed by atoms with E-state index in [1.807, 2.05) is 0 Å². The molecule has 0 saturated heterocycles. The maximum absolute atomic E-state index is 12.0. The van der Waals surface area contributed by atoms with Gasteiger partial charge >= 0.3 is 0 Å². The molecule has 1 aliphatic rings. The number of H-pyrrole nitrogens is 1. The van der Waals surface area contributed by atoms with Gasteiger partial charge in [0.2, 0.25) is 5.56 Å². The average molecular weight is 248 g/mol. The highest BCUT2D eigenvalue weighted by Crippen LogP contribution is 2.26. The lowest BCUT2D eigenvalue weighted by molar-refractivity contribution is 0.0921. The molecule has 1 aromatic heterocycles. The zero-order chi connectivity index (χ0) is 13.0. The predicted molar refractivity (Wildman–Crippen MR) is 70.6 cm³/mol. The van der Waals surface area contributed by atoms with Crippen LogP contribution in [0, 0.1) is 5.92 Å². The SMILES string of the molecule is CCC1CCC(NC(=O)c2cc[nH]c(=O)c2)CC1. The minimum Gasteiger partial charge on any atom is -0.349 e. The van der Waals surface area contributed by atoms with Gasteiger partial charge in [-0.1, -0.05) is 13.3 Å². The summed E-state index contributed by atoms with van der Waals surface area (Å²) in [5.74, 6) is 0.679. The van der Waals surface area contributed by atoms with E-state index < -0.39 is 0 Å². The van der Waals surface area contributed by atoms with Crippen LogP contribution in [0.3, 0.4) is 0 Å². The van der Waals surface area contributed by atoms with Gasteiger partial charge in [-0.2, -0.15) is 0 Å². The molecule has 1 saturated carbocycles. The summed E-state index contributed by atoms with van der Waals surface area (Å²) in [5, 5.41) is 3.02.